The number of carboxylic acid groups (broad SMARTS) is 1. The summed E-state index contributed by atoms with van der Waals surface area (Å²) >= 11 is 5.70. The number of amides is 1. The van der Waals surface area contributed by atoms with Crippen molar-refractivity contribution in [3.63, 3.8) is 0 Å². The molecule has 90 valence electrons. The van der Waals surface area contributed by atoms with Crippen molar-refractivity contribution in [1.29, 1.82) is 0 Å². The van der Waals surface area contributed by atoms with Gasteiger partial charge in [-0.2, -0.15) is 0 Å². The second-order valence-electron chi connectivity index (χ2n) is 3.81. The van der Waals surface area contributed by atoms with Crippen LogP contribution in [0.2, 0.25) is 0 Å². The Balaban J connectivity index is 2.18. The van der Waals surface area contributed by atoms with E-state index in [0.717, 1.165) is 0 Å². The summed E-state index contributed by atoms with van der Waals surface area (Å²) in [5.41, 5.74) is -0.144. The number of hydrogen-bond acceptors (Lipinski definition) is 4. The summed E-state index contributed by atoms with van der Waals surface area (Å²) in [5, 5.41) is 15.9. The predicted octanol–water partition coefficient (Wildman–Crippen LogP) is 0.766. The number of carbonyl (C=O) groups is 2. The summed E-state index contributed by atoms with van der Waals surface area (Å²) in [4.78, 5) is 23.7. The normalized spacial score (nSPS) is 19.7. The molecule has 1 saturated heterocycles. The molecule has 0 aromatic carbocycles. The number of alkyl halides is 1. The summed E-state index contributed by atoms with van der Waals surface area (Å²) < 4.78 is 0. The largest absolute Gasteiger partial charge is 0.476 e. The van der Waals surface area contributed by atoms with Gasteiger partial charge in [-0.1, -0.05) is 0 Å². The fourth-order valence-electron chi connectivity index (χ4n) is 1.69. The number of anilines is 1. The average Bonchev–Trinajstić information content (AvgIpc) is 2.71. The van der Waals surface area contributed by atoms with Gasteiger partial charge in [0.15, 0.2) is 11.5 Å². The number of rotatable bonds is 3. The van der Waals surface area contributed by atoms with Crippen LogP contribution < -0.4 is 4.90 Å². The Hall–Kier alpha value is -1.69. The predicted molar refractivity (Wildman–Crippen MR) is 60.2 cm³/mol. The topological polar surface area (TPSA) is 83.4 Å². The fraction of sp³-hybridized carbons (Fsp3) is 0.400. The Morgan fingerprint density at radius 2 is 2.29 bits per heavy atom. The molecule has 1 N–H and O–H groups in total. The minimum Gasteiger partial charge on any atom is -0.476 e. The number of carboxylic acids is 1. The van der Waals surface area contributed by atoms with E-state index in [1.165, 1.54) is 17.0 Å². The minimum atomic E-state index is -1.14. The van der Waals surface area contributed by atoms with Crippen LogP contribution in [0.1, 0.15) is 16.9 Å². The van der Waals surface area contributed by atoms with Gasteiger partial charge in [-0.05, 0) is 18.1 Å². The molecule has 1 atom stereocenters. The van der Waals surface area contributed by atoms with Gasteiger partial charge in [0.1, 0.15) is 0 Å². The smallest absolute Gasteiger partial charge is 0.356 e. The van der Waals surface area contributed by atoms with Crippen molar-refractivity contribution in [2.45, 2.75) is 6.42 Å². The van der Waals surface area contributed by atoms with Crippen molar-refractivity contribution in [3.8, 4) is 0 Å². The minimum absolute atomic E-state index is 0.0620. The number of nitrogens with zero attached hydrogens (tertiary/aromatic N) is 3. The SMILES string of the molecule is O=C(O)c1ccc(N2CC(CCl)CC2=O)nn1. The number of aromatic carboxylic acids is 1. The van der Waals surface area contributed by atoms with Crippen molar-refractivity contribution >= 4 is 29.3 Å². The fourth-order valence-corrected chi connectivity index (χ4v) is 1.90. The zero-order valence-corrected chi connectivity index (χ0v) is 9.59. The summed E-state index contributed by atoms with van der Waals surface area (Å²) in [6.45, 7) is 0.503. The highest BCUT2D eigenvalue weighted by molar-refractivity contribution is 6.18. The Labute approximate surface area is 102 Å². The molecule has 0 saturated carbocycles. The molecule has 7 heteroatoms. The molecule has 0 radical (unpaired) electrons. The van der Waals surface area contributed by atoms with Gasteiger partial charge >= 0.3 is 5.97 Å². The molecule has 0 spiro atoms. The maximum atomic E-state index is 11.6. The van der Waals surface area contributed by atoms with Gasteiger partial charge in [0.05, 0.1) is 0 Å². The molecule has 0 bridgehead atoms. The van der Waals surface area contributed by atoms with E-state index >= 15 is 0 Å². The quantitative estimate of drug-likeness (QED) is 0.807. The molecule has 17 heavy (non-hydrogen) atoms. The molecule has 1 aromatic rings. The van der Waals surface area contributed by atoms with E-state index in [9.17, 15) is 9.59 Å². The first kappa shape index (κ1) is 11.8. The summed E-state index contributed by atoms with van der Waals surface area (Å²) in [6.07, 6.45) is 0.395. The Morgan fingerprint density at radius 1 is 1.53 bits per heavy atom. The van der Waals surface area contributed by atoms with Gasteiger partial charge in [-0.15, -0.1) is 21.8 Å². The maximum absolute atomic E-state index is 11.6. The van der Waals surface area contributed by atoms with Crippen LogP contribution in [0.25, 0.3) is 0 Å². The Morgan fingerprint density at radius 3 is 2.76 bits per heavy atom. The number of carbonyl (C=O) groups excluding carboxylic acids is 1. The Kier molecular flexibility index (Phi) is 3.23. The second kappa shape index (κ2) is 4.67. The van der Waals surface area contributed by atoms with Gasteiger partial charge in [0, 0.05) is 18.8 Å². The first-order valence-corrected chi connectivity index (χ1v) is 5.58. The highest BCUT2D eigenvalue weighted by atomic mass is 35.5. The van der Waals surface area contributed by atoms with Crippen LogP contribution in [0.5, 0.6) is 0 Å². The zero-order valence-electron chi connectivity index (χ0n) is 8.84. The van der Waals surface area contributed by atoms with Crippen LogP contribution in [0.4, 0.5) is 5.82 Å². The van der Waals surface area contributed by atoms with Crippen molar-refractivity contribution < 1.29 is 14.7 Å². The highest BCUT2D eigenvalue weighted by Crippen LogP contribution is 2.23. The molecular formula is C10H10ClN3O3. The van der Waals surface area contributed by atoms with E-state index in [0.29, 0.717) is 24.7 Å². The monoisotopic (exact) mass is 255 g/mol. The van der Waals surface area contributed by atoms with E-state index in [1.54, 1.807) is 0 Å². The van der Waals surface area contributed by atoms with Crippen LogP contribution in [-0.2, 0) is 4.79 Å². The second-order valence-corrected chi connectivity index (χ2v) is 4.12. The van der Waals surface area contributed by atoms with Crippen LogP contribution in [0.15, 0.2) is 12.1 Å². The van der Waals surface area contributed by atoms with Gasteiger partial charge < -0.3 is 5.11 Å². The van der Waals surface area contributed by atoms with Crippen LogP contribution in [0, 0.1) is 5.92 Å². The molecule has 1 aromatic heterocycles. The van der Waals surface area contributed by atoms with E-state index < -0.39 is 5.97 Å². The van der Waals surface area contributed by atoms with E-state index in [-0.39, 0.29) is 17.5 Å². The molecule has 1 aliphatic heterocycles. The van der Waals surface area contributed by atoms with Gasteiger partial charge in [0.25, 0.3) is 0 Å². The van der Waals surface area contributed by atoms with Gasteiger partial charge in [-0.25, -0.2) is 4.79 Å². The van der Waals surface area contributed by atoms with Crippen LogP contribution in [-0.4, -0.2) is 39.6 Å². The van der Waals surface area contributed by atoms with E-state index in [1.807, 2.05) is 0 Å². The summed E-state index contributed by atoms with van der Waals surface area (Å²) in [7, 11) is 0. The molecule has 0 aliphatic carbocycles. The molecule has 1 unspecified atom stereocenters. The lowest BCUT2D eigenvalue weighted by atomic mass is 10.1. The van der Waals surface area contributed by atoms with Gasteiger partial charge in [0.2, 0.25) is 5.91 Å². The average molecular weight is 256 g/mol. The molecule has 1 amide bonds. The molecule has 2 rings (SSSR count). The van der Waals surface area contributed by atoms with Crippen molar-refractivity contribution in [3.05, 3.63) is 17.8 Å². The van der Waals surface area contributed by atoms with E-state index in [2.05, 4.69) is 10.2 Å². The Bertz CT molecular complexity index is 449. The van der Waals surface area contributed by atoms with Crippen molar-refractivity contribution in [2.75, 3.05) is 17.3 Å². The lowest BCUT2D eigenvalue weighted by Gasteiger charge is -2.14. The van der Waals surface area contributed by atoms with Crippen LogP contribution in [0.3, 0.4) is 0 Å². The first-order chi connectivity index (χ1) is 8.11. The number of halogens is 1. The third-order valence-corrected chi connectivity index (χ3v) is 3.01. The maximum Gasteiger partial charge on any atom is 0.356 e. The third-order valence-electron chi connectivity index (χ3n) is 2.57. The number of hydrogen-bond donors (Lipinski definition) is 1. The first-order valence-electron chi connectivity index (χ1n) is 5.05. The highest BCUT2D eigenvalue weighted by Gasteiger charge is 2.30. The van der Waals surface area contributed by atoms with Crippen molar-refractivity contribution in [1.82, 2.24) is 10.2 Å². The lowest BCUT2D eigenvalue weighted by molar-refractivity contribution is -0.117. The summed E-state index contributed by atoms with van der Waals surface area (Å²) in [6, 6.07) is 2.80. The molecule has 1 aliphatic rings. The lowest BCUT2D eigenvalue weighted by Crippen LogP contribution is -2.26. The number of aromatic nitrogens is 2. The molecule has 2 heterocycles. The molecule has 1 fully saturated rings. The van der Waals surface area contributed by atoms with Gasteiger partial charge in [-0.3, -0.25) is 9.69 Å². The van der Waals surface area contributed by atoms with Crippen molar-refractivity contribution in [2.24, 2.45) is 5.92 Å². The molecule has 6 nitrogen and oxygen atoms in total. The standard InChI is InChI=1S/C10H10ClN3O3/c11-4-6-3-9(15)14(5-6)8-2-1-7(10(16)17)12-13-8/h1-2,6H,3-5H2,(H,16,17). The molecular weight excluding hydrogens is 246 g/mol. The third kappa shape index (κ3) is 2.36. The van der Waals surface area contributed by atoms with E-state index in [4.69, 9.17) is 16.7 Å². The van der Waals surface area contributed by atoms with Crippen LogP contribution >= 0.6 is 11.6 Å². The zero-order chi connectivity index (χ0) is 12.4. The summed E-state index contributed by atoms with van der Waals surface area (Å²) in [5.74, 6) is -0.302.